The third-order valence-corrected chi connectivity index (χ3v) is 3.08. The summed E-state index contributed by atoms with van der Waals surface area (Å²) in [5.74, 6) is 0. The van der Waals surface area contributed by atoms with Crippen LogP contribution < -0.4 is 0 Å². The fraction of sp³-hybridized carbons (Fsp3) is 1.00. The molecular formula is C8H14O2. The maximum absolute atomic E-state index is 9.63. The molecule has 2 aliphatic rings. The third-order valence-electron chi connectivity index (χ3n) is 3.08. The number of aliphatic hydroxyl groups is 2. The van der Waals surface area contributed by atoms with Crippen molar-refractivity contribution in [1.29, 1.82) is 0 Å². The summed E-state index contributed by atoms with van der Waals surface area (Å²) >= 11 is 0. The molecule has 1 atom stereocenters. The largest absolute Gasteiger partial charge is 0.393 e. The van der Waals surface area contributed by atoms with Crippen molar-refractivity contribution in [3.63, 3.8) is 0 Å². The highest BCUT2D eigenvalue weighted by molar-refractivity contribution is 5.05. The smallest absolute Gasteiger partial charge is 0.0882 e. The molecule has 0 aromatic rings. The van der Waals surface area contributed by atoms with Crippen molar-refractivity contribution in [2.45, 2.75) is 37.7 Å². The van der Waals surface area contributed by atoms with E-state index in [1.54, 1.807) is 0 Å². The minimum absolute atomic E-state index is 0.0469. The Morgan fingerprint density at radius 3 is 2.00 bits per heavy atom. The zero-order valence-corrected chi connectivity index (χ0v) is 6.14. The summed E-state index contributed by atoms with van der Waals surface area (Å²) in [6.07, 6.45) is 5.33. The van der Waals surface area contributed by atoms with Gasteiger partial charge < -0.3 is 10.2 Å². The van der Waals surface area contributed by atoms with Crippen LogP contribution in [0, 0.1) is 5.41 Å². The van der Waals surface area contributed by atoms with Gasteiger partial charge in [-0.1, -0.05) is 0 Å². The van der Waals surface area contributed by atoms with E-state index in [-0.39, 0.29) is 6.61 Å². The van der Waals surface area contributed by atoms with Gasteiger partial charge in [0.05, 0.1) is 12.2 Å². The van der Waals surface area contributed by atoms with E-state index >= 15 is 0 Å². The molecule has 0 aromatic carbocycles. The van der Waals surface area contributed by atoms with Crippen molar-refractivity contribution in [2.75, 3.05) is 6.61 Å². The first kappa shape index (κ1) is 6.62. The molecule has 2 saturated carbocycles. The van der Waals surface area contributed by atoms with Crippen LogP contribution in [0.15, 0.2) is 0 Å². The number of aliphatic hydroxyl groups excluding tert-OH is 1. The van der Waals surface area contributed by atoms with E-state index in [2.05, 4.69) is 0 Å². The molecule has 2 fully saturated rings. The van der Waals surface area contributed by atoms with Crippen molar-refractivity contribution < 1.29 is 10.2 Å². The summed E-state index contributed by atoms with van der Waals surface area (Å²) in [7, 11) is 0. The van der Waals surface area contributed by atoms with Crippen molar-refractivity contribution in [3.05, 3.63) is 0 Å². The maximum Gasteiger partial charge on any atom is 0.0882 e. The van der Waals surface area contributed by atoms with Crippen LogP contribution in [0.3, 0.4) is 0 Å². The van der Waals surface area contributed by atoms with E-state index < -0.39 is 5.60 Å². The summed E-state index contributed by atoms with van der Waals surface area (Å²) in [5.41, 5.74) is -0.242. The van der Waals surface area contributed by atoms with Gasteiger partial charge in [-0.25, -0.2) is 0 Å². The molecule has 0 amide bonds. The average Bonchev–Trinajstić information content (AvgIpc) is 2.56. The highest BCUT2D eigenvalue weighted by atomic mass is 16.3. The van der Waals surface area contributed by atoms with E-state index in [1.807, 2.05) is 0 Å². The standard InChI is InChI=1S/C8H14O2/c9-6-8(10)4-3-7(5-8)1-2-7/h9-10H,1-6H2. The first-order chi connectivity index (χ1) is 4.68. The second-order valence-electron chi connectivity index (χ2n) is 4.06. The predicted octanol–water partition coefficient (Wildman–Crippen LogP) is 0.674. The molecular weight excluding hydrogens is 128 g/mol. The van der Waals surface area contributed by atoms with Crippen LogP contribution in [0.25, 0.3) is 0 Å². The van der Waals surface area contributed by atoms with E-state index in [9.17, 15) is 5.11 Å². The number of rotatable bonds is 1. The molecule has 0 radical (unpaired) electrons. The second-order valence-corrected chi connectivity index (χ2v) is 4.06. The number of hydrogen-bond acceptors (Lipinski definition) is 2. The van der Waals surface area contributed by atoms with E-state index in [1.165, 1.54) is 12.8 Å². The Hall–Kier alpha value is -0.0800. The summed E-state index contributed by atoms with van der Waals surface area (Å²) in [6.45, 7) is -0.0469. The Morgan fingerprint density at radius 2 is 1.70 bits per heavy atom. The van der Waals surface area contributed by atoms with Crippen LogP contribution >= 0.6 is 0 Å². The lowest BCUT2D eigenvalue weighted by Gasteiger charge is -2.18. The molecule has 0 saturated heterocycles. The first-order valence-corrected chi connectivity index (χ1v) is 4.01. The SMILES string of the molecule is OCC1(O)CCC2(CC2)C1. The third kappa shape index (κ3) is 0.867. The molecule has 1 spiro atoms. The Labute approximate surface area is 60.9 Å². The molecule has 58 valence electrons. The molecule has 10 heavy (non-hydrogen) atoms. The molecule has 0 heterocycles. The Bertz CT molecular complexity index is 151. The van der Waals surface area contributed by atoms with E-state index in [0.29, 0.717) is 5.41 Å². The second kappa shape index (κ2) is 1.74. The van der Waals surface area contributed by atoms with Crippen LogP contribution in [0.4, 0.5) is 0 Å². The predicted molar refractivity (Wildman–Crippen MR) is 37.6 cm³/mol. The molecule has 2 heteroatoms. The van der Waals surface area contributed by atoms with Crippen molar-refractivity contribution >= 4 is 0 Å². The minimum Gasteiger partial charge on any atom is -0.393 e. The minimum atomic E-state index is -0.712. The van der Waals surface area contributed by atoms with Gasteiger partial charge in [0, 0.05) is 0 Å². The Balaban J connectivity index is 2.04. The highest BCUT2D eigenvalue weighted by Gasteiger charge is 2.53. The van der Waals surface area contributed by atoms with E-state index in [0.717, 1.165) is 19.3 Å². The zero-order chi connectivity index (χ0) is 7.24. The molecule has 0 aliphatic heterocycles. The van der Waals surface area contributed by atoms with Crippen molar-refractivity contribution in [1.82, 2.24) is 0 Å². The zero-order valence-electron chi connectivity index (χ0n) is 6.14. The highest BCUT2D eigenvalue weighted by Crippen LogP contribution is 2.60. The molecule has 0 aromatic heterocycles. The van der Waals surface area contributed by atoms with Gasteiger partial charge in [0.2, 0.25) is 0 Å². The van der Waals surface area contributed by atoms with Gasteiger partial charge in [0.15, 0.2) is 0 Å². The van der Waals surface area contributed by atoms with Crippen molar-refractivity contribution in [2.24, 2.45) is 5.41 Å². The Kier molecular flexibility index (Phi) is 1.15. The van der Waals surface area contributed by atoms with Crippen LogP contribution in [-0.2, 0) is 0 Å². The van der Waals surface area contributed by atoms with Gasteiger partial charge in [-0.3, -0.25) is 0 Å². The normalized spacial score (nSPS) is 42.6. The van der Waals surface area contributed by atoms with Gasteiger partial charge in [0.1, 0.15) is 0 Å². The van der Waals surface area contributed by atoms with Crippen LogP contribution in [0.2, 0.25) is 0 Å². The van der Waals surface area contributed by atoms with Crippen molar-refractivity contribution in [3.8, 4) is 0 Å². The molecule has 2 rings (SSSR count). The number of hydrogen-bond donors (Lipinski definition) is 2. The fourth-order valence-corrected chi connectivity index (χ4v) is 2.11. The summed E-state index contributed by atoms with van der Waals surface area (Å²) in [5, 5.41) is 18.5. The fourth-order valence-electron chi connectivity index (χ4n) is 2.11. The summed E-state index contributed by atoms with van der Waals surface area (Å²) < 4.78 is 0. The molecule has 2 N–H and O–H groups in total. The van der Waals surface area contributed by atoms with Gasteiger partial charge in [-0.2, -0.15) is 0 Å². The molecule has 2 aliphatic carbocycles. The summed E-state index contributed by atoms with van der Waals surface area (Å²) in [6, 6.07) is 0. The van der Waals surface area contributed by atoms with Crippen LogP contribution in [0.1, 0.15) is 32.1 Å². The quantitative estimate of drug-likeness (QED) is 0.565. The van der Waals surface area contributed by atoms with E-state index in [4.69, 9.17) is 5.11 Å². The first-order valence-electron chi connectivity index (χ1n) is 4.01. The monoisotopic (exact) mass is 142 g/mol. The Morgan fingerprint density at radius 1 is 1.10 bits per heavy atom. The van der Waals surface area contributed by atoms with Gasteiger partial charge in [0.25, 0.3) is 0 Å². The summed E-state index contributed by atoms with van der Waals surface area (Å²) in [4.78, 5) is 0. The van der Waals surface area contributed by atoms with Gasteiger partial charge in [-0.05, 0) is 37.5 Å². The lowest BCUT2D eigenvalue weighted by molar-refractivity contribution is -0.0123. The lowest BCUT2D eigenvalue weighted by atomic mass is 10.00. The lowest BCUT2D eigenvalue weighted by Crippen LogP contribution is -2.29. The molecule has 2 nitrogen and oxygen atoms in total. The van der Waals surface area contributed by atoms with Gasteiger partial charge >= 0.3 is 0 Å². The van der Waals surface area contributed by atoms with Crippen LogP contribution in [0.5, 0.6) is 0 Å². The molecule has 1 unspecified atom stereocenters. The molecule has 0 bridgehead atoms. The topological polar surface area (TPSA) is 40.5 Å². The van der Waals surface area contributed by atoms with Gasteiger partial charge in [-0.15, -0.1) is 0 Å². The average molecular weight is 142 g/mol. The maximum atomic E-state index is 9.63. The van der Waals surface area contributed by atoms with Crippen LogP contribution in [-0.4, -0.2) is 22.4 Å².